The first-order valence-electron chi connectivity index (χ1n) is 12.8. The number of aromatic nitrogens is 1. The van der Waals surface area contributed by atoms with Gasteiger partial charge in [0.25, 0.3) is 0 Å². The topological polar surface area (TPSA) is 4.93 Å². The molecule has 0 spiro atoms. The summed E-state index contributed by atoms with van der Waals surface area (Å²) < 4.78 is 2.44. The lowest BCUT2D eigenvalue weighted by Gasteiger charge is -2.13. The van der Waals surface area contributed by atoms with Crippen molar-refractivity contribution < 1.29 is 0 Å². The van der Waals surface area contributed by atoms with E-state index in [1.54, 1.807) is 0 Å². The third-order valence-electron chi connectivity index (χ3n) is 7.64. The number of hydrogen-bond donors (Lipinski definition) is 0. The molecule has 1 aromatic heterocycles. The molecule has 0 saturated carbocycles. The summed E-state index contributed by atoms with van der Waals surface area (Å²) in [6.45, 7) is 8.83. The van der Waals surface area contributed by atoms with Crippen LogP contribution in [-0.2, 0) is 0 Å². The molecule has 6 aromatic rings. The Morgan fingerprint density at radius 3 is 2.24 bits per heavy atom. The van der Waals surface area contributed by atoms with Crippen LogP contribution in [0.5, 0.6) is 0 Å². The molecule has 1 aliphatic carbocycles. The van der Waals surface area contributed by atoms with Crippen LogP contribution < -0.4 is 0 Å². The van der Waals surface area contributed by atoms with Crippen LogP contribution in [0.15, 0.2) is 116 Å². The van der Waals surface area contributed by atoms with Gasteiger partial charge in [0.15, 0.2) is 0 Å². The number of nitrogens with zero attached hydrogens (tertiary/aromatic N) is 1. The number of benzene rings is 5. The summed E-state index contributed by atoms with van der Waals surface area (Å²) in [6, 6.07) is 37.4. The van der Waals surface area contributed by atoms with Crippen molar-refractivity contribution in [3.8, 4) is 27.9 Å². The van der Waals surface area contributed by atoms with Crippen molar-refractivity contribution in [3.63, 3.8) is 0 Å². The Morgan fingerprint density at radius 2 is 1.43 bits per heavy atom. The van der Waals surface area contributed by atoms with E-state index in [1.165, 1.54) is 72.0 Å². The summed E-state index contributed by atoms with van der Waals surface area (Å²) in [5.41, 5.74) is 14.7. The highest BCUT2D eigenvalue weighted by Crippen LogP contribution is 2.50. The Bertz CT molecular complexity index is 1900. The maximum Gasteiger partial charge on any atom is 0.0553 e. The Kier molecular flexibility index (Phi) is 4.81. The van der Waals surface area contributed by atoms with Gasteiger partial charge >= 0.3 is 0 Å². The van der Waals surface area contributed by atoms with Crippen molar-refractivity contribution in [3.05, 3.63) is 138 Å². The number of allylic oxidation sites excluding steroid dienone is 1. The van der Waals surface area contributed by atoms with Gasteiger partial charge in [-0.15, -0.1) is 0 Å². The van der Waals surface area contributed by atoms with E-state index in [9.17, 15) is 0 Å². The van der Waals surface area contributed by atoms with Crippen LogP contribution in [0.4, 0.5) is 0 Å². The third-order valence-corrected chi connectivity index (χ3v) is 7.64. The molecule has 0 unspecified atom stereocenters. The van der Waals surface area contributed by atoms with E-state index in [0.29, 0.717) is 0 Å². The zero-order chi connectivity index (χ0) is 25.1. The van der Waals surface area contributed by atoms with Gasteiger partial charge in [0, 0.05) is 16.5 Å². The van der Waals surface area contributed by atoms with Crippen LogP contribution in [0.2, 0.25) is 0 Å². The van der Waals surface area contributed by atoms with Crippen molar-refractivity contribution in [2.45, 2.75) is 13.8 Å². The molecular formula is C36H27N. The smallest absolute Gasteiger partial charge is 0.0553 e. The fourth-order valence-electron chi connectivity index (χ4n) is 6.04. The molecule has 0 amide bonds. The molecule has 7 rings (SSSR count). The Morgan fingerprint density at radius 1 is 0.676 bits per heavy atom. The van der Waals surface area contributed by atoms with E-state index in [-0.39, 0.29) is 0 Å². The quantitative estimate of drug-likeness (QED) is 0.241. The molecule has 1 heterocycles. The summed E-state index contributed by atoms with van der Waals surface area (Å²) in [5, 5.41) is 2.56. The van der Waals surface area contributed by atoms with Crippen LogP contribution in [0.25, 0.3) is 61.4 Å². The summed E-state index contributed by atoms with van der Waals surface area (Å²) in [4.78, 5) is 0. The van der Waals surface area contributed by atoms with Crippen molar-refractivity contribution in [2.24, 2.45) is 0 Å². The highest BCUT2D eigenvalue weighted by molar-refractivity contribution is 6.18. The molecule has 176 valence electrons. The van der Waals surface area contributed by atoms with Crippen molar-refractivity contribution in [1.29, 1.82) is 0 Å². The van der Waals surface area contributed by atoms with Gasteiger partial charge in [0.1, 0.15) is 0 Å². The first-order chi connectivity index (χ1) is 18.2. The Hall–Kier alpha value is -4.62. The molecule has 5 aromatic carbocycles. The standard InChI is InChI=1S/C36H27N/c1-4-11-30-35-24(3)28-16-8-9-17-29(28)31(35)22-34-36(30)32-20-23(2)18-19-33(32)37(34)27-15-10-14-26(21-27)25-12-6-5-7-13-25/h4-22H,3H2,1-2H3/b11-4-. The molecule has 0 bridgehead atoms. The maximum absolute atomic E-state index is 4.55. The molecule has 0 saturated heterocycles. The summed E-state index contributed by atoms with van der Waals surface area (Å²) in [7, 11) is 0. The maximum atomic E-state index is 4.55. The molecule has 0 N–H and O–H groups in total. The molecule has 1 heteroatoms. The predicted octanol–water partition coefficient (Wildman–Crippen LogP) is 9.83. The Balaban J connectivity index is 1.63. The average Bonchev–Trinajstić information content (AvgIpc) is 3.41. The van der Waals surface area contributed by atoms with Gasteiger partial charge in [0.2, 0.25) is 0 Å². The van der Waals surface area contributed by atoms with Crippen LogP contribution in [0, 0.1) is 6.92 Å². The SMILES string of the molecule is C=C1c2ccccc2-c2cc3c(c(/C=C\C)c21)c1cc(C)ccc1n3-c1cccc(-c2ccccc2)c1. The largest absolute Gasteiger partial charge is 0.309 e. The summed E-state index contributed by atoms with van der Waals surface area (Å²) >= 11 is 0. The normalized spacial score (nSPS) is 12.5. The molecule has 0 fully saturated rings. The Labute approximate surface area is 217 Å². The van der Waals surface area contributed by atoms with Crippen LogP contribution >= 0.6 is 0 Å². The fourth-order valence-corrected chi connectivity index (χ4v) is 6.04. The molecule has 0 radical (unpaired) electrons. The zero-order valence-electron chi connectivity index (χ0n) is 21.1. The lowest BCUT2D eigenvalue weighted by Crippen LogP contribution is -1.96. The van der Waals surface area contributed by atoms with Gasteiger partial charge in [0.05, 0.1) is 11.0 Å². The number of aryl methyl sites for hydroxylation is 1. The van der Waals surface area contributed by atoms with Crippen molar-refractivity contribution in [1.82, 2.24) is 4.57 Å². The molecule has 0 atom stereocenters. The second-order valence-electron chi connectivity index (χ2n) is 9.90. The van der Waals surface area contributed by atoms with Gasteiger partial charge in [-0.1, -0.05) is 97.1 Å². The van der Waals surface area contributed by atoms with Gasteiger partial charge in [-0.2, -0.15) is 0 Å². The average molecular weight is 474 g/mol. The molecular weight excluding hydrogens is 446 g/mol. The van der Waals surface area contributed by atoms with E-state index >= 15 is 0 Å². The van der Waals surface area contributed by atoms with Crippen molar-refractivity contribution >= 4 is 33.5 Å². The van der Waals surface area contributed by atoms with E-state index in [2.05, 4.69) is 140 Å². The third kappa shape index (κ3) is 3.17. The second kappa shape index (κ2) is 8.21. The minimum atomic E-state index is 1.11. The first-order valence-corrected chi connectivity index (χ1v) is 12.8. The van der Waals surface area contributed by atoms with Crippen LogP contribution in [-0.4, -0.2) is 4.57 Å². The van der Waals surface area contributed by atoms with E-state index in [1.807, 2.05) is 0 Å². The number of hydrogen-bond acceptors (Lipinski definition) is 0. The highest BCUT2D eigenvalue weighted by Gasteiger charge is 2.28. The molecule has 0 aliphatic heterocycles. The van der Waals surface area contributed by atoms with Gasteiger partial charge in [-0.25, -0.2) is 0 Å². The number of rotatable bonds is 3. The van der Waals surface area contributed by atoms with E-state index in [0.717, 1.165) is 5.57 Å². The number of fused-ring (bicyclic) bond motifs is 6. The minimum Gasteiger partial charge on any atom is -0.309 e. The van der Waals surface area contributed by atoms with Gasteiger partial charge < -0.3 is 4.57 Å². The van der Waals surface area contributed by atoms with Gasteiger partial charge in [-0.05, 0) is 88.7 Å². The minimum absolute atomic E-state index is 1.11. The molecule has 1 aliphatic rings. The first kappa shape index (κ1) is 21.6. The summed E-state index contributed by atoms with van der Waals surface area (Å²) in [5.74, 6) is 0. The van der Waals surface area contributed by atoms with E-state index < -0.39 is 0 Å². The fraction of sp³-hybridized carbons (Fsp3) is 0.0556. The highest BCUT2D eigenvalue weighted by atomic mass is 15.0. The molecule has 1 nitrogen and oxygen atoms in total. The second-order valence-corrected chi connectivity index (χ2v) is 9.90. The predicted molar refractivity (Wildman–Crippen MR) is 159 cm³/mol. The van der Waals surface area contributed by atoms with Crippen LogP contribution in [0.3, 0.4) is 0 Å². The lowest BCUT2D eigenvalue weighted by molar-refractivity contribution is 1.18. The van der Waals surface area contributed by atoms with Gasteiger partial charge in [-0.3, -0.25) is 0 Å². The van der Waals surface area contributed by atoms with Crippen LogP contribution in [0.1, 0.15) is 29.2 Å². The monoisotopic (exact) mass is 473 g/mol. The van der Waals surface area contributed by atoms with Crippen molar-refractivity contribution in [2.75, 3.05) is 0 Å². The zero-order valence-corrected chi connectivity index (χ0v) is 21.1. The van der Waals surface area contributed by atoms with E-state index in [4.69, 9.17) is 0 Å². The lowest BCUT2D eigenvalue weighted by atomic mass is 9.93. The molecule has 37 heavy (non-hydrogen) atoms. The summed E-state index contributed by atoms with van der Waals surface area (Å²) in [6.07, 6.45) is 4.42.